The Kier molecular flexibility index (Phi) is 5.24. The number of fused-ring (bicyclic) bond motifs is 1. The molecule has 0 amide bonds. The van der Waals surface area contributed by atoms with E-state index >= 15 is 0 Å². The molecule has 10 heteroatoms. The van der Waals surface area contributed by atoms with Crippen LogP contribution < -0.4 is 5.32 Å². The van der Waals surface area contributed by atoms with Gasteiger partial charge in [0.25, 0.3) is 0 Å². The van der Waals surface area contributed by atoms with Crippen LogP contribution in [0.15, 0.2) is 36.9 Å². The van der Waals surface area contributed by atoms with Crippen LogP contribution in [0.2, 0.25) is 0 Å². The molecule has 1 aliphatic rings. The van der Waals surface area contributed by atoms with Gasteiger partial charge in [-0.25, -0.2) is 15.0 Å². The van der Waals surface area contributed by atoms with E-state index in [9.17, 15) is 20.1 Å². The summed E-state index contributed by atoms with van der Waals surface area (Å²) in [6.45, 7) is 1.57. The fraction of sp³-hybridized carbons (Fsp3) is 0.368. The predicted octanol–water partition coefficient (Wildman–Crippen LogP) is 0.252. The van der Waals surface area contributed by atoms with Gasteiger partial charge in [0, 0.05) is 12.1 Å². The Morgan fingerprint density at radius 1 is 1.17 bits per heavy atom. The van der Waals surface area contributed by atoms with Gasteiger partial charge in [-0.2, -0.15) is 0 Å². The van der Waals surface area contributed by atoms with Crippen LogP contribution >= 0.6 is 0 Å². The van der Waals surface area contributed by atoms with Crippen molar-refractivity contribution >= 4 is 22.8 Å². The third kappa shape index (κ3) is 3.58. The molecule has 152 valence electrons. The molecule has 29 heavy (non-hydrogen) atoms. The fourth-order valence-corrected chi connectivity index (χ4v) is 3.32. The molecule has 1 aliphatic heterocycles. The predicted molar refractivity (Wildman–Crippen MR) is 102 cm³/mol. The molecule has 3 aromatic rings. The van der Waals surface area contributed by atoms with Gasteiger partial charge in [-0.05, 0) is 12.5 Å². The number of anilines is 1. The highest BCUT2D eigenvalue weighted by Gasteiger charge is 2.44. The molecule has 10 nitrogen and oxygen atoms in total. The lowest BCUT2D eigenvalue weighted by molar-refractivity contribution is -0.0511. The summed E-state index contributed by atoms with van der Waals surface area (Å²) in [5.41, 5.74) is 2.51. The topological polar surface area (TPSA) is 143 Å². The number of carbonyl (C=O) groups excluding carboxylic acids is 1. The van der Waals surface area contributed by atoms with Crippen molar-refractivity contribution in [1.82, 2.24) is 19.5 Å². The third-order valence-corrected chi connectivity index (χ3v) is 4.97. The molecule has 0 saturated carbocycles. The van der Waals surface area contributed by atoms with Gasteiger partial charge in [0.15, 0.2) is 29.0 Å². The van der Waals surface area contributed by atoms with E-state index in [4.69, 9.17) is 4.74 Å². The van der Waals surface area contributed by atoms with Gasteiger partial charge in [0.1, 0.15) is 24.6 Å². The number of aliphatic hydroxyl groups is 3. The van der Waals surface area contributed by atoms with E-state index < -0.39 is 31.1 Å². The van der Waals surface area contributed by atoms with Crippen LogP contribution in [0.1, 0.15) is 29.1 Å². The summed E-state index contributed by atoms with van der Waals surface area (Å²) in [4.78, 5) is 24.1. The monoisotopic (exact) mass is 399 g/mol. The number of aromatic nitrogens is 4. The minimum Gasteiger partial charge on any atom is -0.394 e. The van der Waals surface area contributed by atoms with Crippen LogP contribution in [0.4, 0.5) is 5.82 Å². The van der Waals surface area contributed by atoms with Gasteiger partial charge in [-0.15, -0.1) is 0 Å². The van der Waals surface area contributed by atoms with Gasteiger partial charge in [0.2, 0.25) is 0 Å². The first-order valence-corrected chi connectivity index (χ1v) is 9.13. The first kappa shape index (κ1) is 19.4. The third-order valence-electron chi connectivity index (χ3n) is 4.97. The summed E-state index contributed by atoms with van der Waals surface area (Å²) in [6, 6.07) is 7.26. The lowest BCUT2D eigenvalue weighted by atomic mass is 10.1. The summed E-state index contributed by atoms with van der Waals surface area (Å²) in [5, 5.41) is 32.7. The minimum absolute atomic E-state index is 0.0115. The molecular formula is C19H21N5O5. The summed E-state index contributed by atoms with van der Waals surface area (Å²) in [6.07, 6.45) is -1.43. The maximum absolute atomic E-state index is 11.4. The maximum Gasteiger partial charge on any atom is 0.167 e. The van der Waals surface area contributed by atoms with Gasteiger partial charge in [-0.3, -0.25) is 9.36 Å². The molecule has 1 unspecified atom stereocenters. The number of Topliss-reactive ketones (excluding diaryl/α,β-unsaturated/α-hetero) is 1. The first-order valence-electron chi connectivity index (χ1n) is 9.13. The van der Waals surface area contributed by atoms with Crippen molar-refractivity contribution in [3.8, 4) is 0 Å². The molecule has 1 saturated heterocycles. The number of ether oxygens (including phenoxy) is 1. The van der Waals surface area contributed by atoms with Crippen LogP contribution in [0.25, 0.3) is 11.2 Å². The molecule has 3 heterocycles. The number of nitrogens with one attached hydrogen (secondary N) is 1. The highest BCUT2D eigenvalue weighted by molar-refractivity contribution is 5.94. The molecule has 4 atom stereocenters. The standard InChI is InChI=1S/C19H21N5O5/c1-10(26)12-4-2-11(3-5-12)6-20-17-14-18(22-8-21-17)24(9-23-14)19-16(28)15(27)13(7-25)29-19/h2-5,8-9,13,15-16,19,25,27-28H,6-7H2,1H3,(H,20,21,22)/t13-,15-,16-,19?/m1/s1. The summed E-state index contributed by atoms with van der Waals surface area (Å²) in [5.74, 6) is 0.508. The molecule has 4 rings (SSSR count). The lowest BCUT2D eigenvalue weighted by Gasteiger charge is -2.16. The maximum atomic E-state index is 11.4. The zero-order valence-electron chi connectivity index (χ0n) is 15.6. The Morgan fingerprint density at radius 2 is 1.93 bits per heavy atom. The van der Waals surface area contributed by atoms with Gasteiger partial charge in [-0.1, -0.05) is 24.3 Å². The second-order valence-corrected chi connectivity index (χ2v) is 6.88. The van der Waals surface area contributed by atoms with E-state index in [-0.39, 0.29) is 5.78 Å². The number of hydrogen-bond donors (Lipinski definition) is 4. The summed E-state index contributed by atoms with van der Waals surface area (Å²) < 4.78 is 7.06. The average molecular weight is 399 g/mol. The highest BCUT2D eigenvalue weighted by atomic mass is 16.6. The van der Waals surface area contributed by atoms with Crippen molar-refractivity contribution in [2.45, 2.75) is 38.0 Å². The lowest BCUT2D eigenvalue weighted by Crippen LogP contribution is -2.33. The fourth-order valence-electron chi connectivity index (χ4n) is 3.32. The van der Waals surface area contributed by atoms with Gasteiger partial charge >= 0.3 is 0 Å². The second-order valence-electron chi connectivity index (χ2n) is 6.88. The number of aliphatic hydroxyl groups excluding tert-OH is 3. The molecule has 4 N–H and O–H groups in total. The zero-order chi connectivity index (χ0) is 20.5. The second kappa shape index (κ2) is 7.84. The molecule has 0 aliphatic carbocycles. The molecule has 2 aromatic heterocycles. The van der Waals surface area contributed by atoms with Crippen molar-refractivity contribution in [3.63, 3.8) is 0 Å². The van der Waals surface area contributed by atoms with E-state index in [1.54, 1.807) is 12.1 Å². The van der Waals surface area contributed by atoms with E-state index in [0.717, 1.165) is 5.56 Å². The number of rotatable bonds is 6. The van der Waals surface area contributed by atoms with Crippen molar-refractivity contribution in [2.75, 3.05) is 11.9 Å². The van der Waals surface area contributed by atoms with Crippen molar-refractivity contribution < 1.29 is 24.9 Å². The van der Waals surface area contributed by atoms with E-state index in [0.29, 0.717) is 29.1 Å². The largest absolute Gasteiger partial charge is 0.394 e. The summed E-state index contributed by atoms with van der Waals surface area (Å²) in [7, 11) is 0. The molecule has 0 spiro atoms. The van der Waals surface area contributed by atoms with Crippen molar-refractivity contribution in [1.29, 1.82) is 0 Å². The van der Waals surface area contributed by atoms with Gasteiger partial charge in [0.05, 0.1) is 12.9 Å². The Bertz CT molecular complexity index is 1020. The number of carbonyl (C=O) groups is 1. The number of nitrogens with zero attached hydrogens (tertiary/aromatic N) is 4. The Morgan fingerprint density at radius 3 is 2.59 bits per heavy atom. The normalized spacial score (nSPS) is 24.1. The van der Waals surface area contributed by atoms with Crippen LogP contribution in [0.3, 0.4) is 0 Å². The van der Waals surface area contributed by atoms with Crippen LogP contribution in [-0.2, 0) is 11.3 Å². The van der Waals surface area contributed by atoms with E-state index in [1.807, 2.05) is 12.1 Å². The molecule has 1 aromatic carbocycles. The molecular weight excluding hydrogens is 378 g/mol. The first-order chi connectivity index (χ1) is 14.0. The Hall–Kier alpha value is -2.92. The summed E-state index contributed by atoms with van der Waals surface area (Å²) >= 11 is 0. The number of imidazole rings is 1. The smallest absolute Gasteiger partial charge is 0.167 e. The van der Waals surface area contributed by atoms with Crippen LogP contribution in [0, 0.1) is 0 Å². The number of benzene rings is 1. The van der Waals surface area contributed by atoms with Crippen LogP contribution in [-0.4, -0.2) is 65.5 Å². The molecule has 0 bridgehead atoms. The molecule has 1 fully saturated rings. The Labute approximate surface area is 165 Å². The van der Waals surface area contributed by atoms with Crippen LogP contribution in [0.5, 0.6) is 0 Å². The minimum atomic E-state index is -1.23. The van der Waals surface area contributed by atoms with Gasteiger partial charge < -0.3 is 25.4 Å². The van der Waals surface area contributed by atoms with Crippen molar-refractivity contribution in [2.24, 2.45) is 0 Å². The quantitative estimate of drug-likeness (QED) is 0.429. The average Bonchev–Trinajstić information content (AvgIpc) is 3.28. The Balaban J connectivity index is 1.55. The van der Waals surface area contributed by atoms with E-state index in [1.165, 1.54) is 24.1 Å². The molecule has 0 radical (unpaired) electrons. The highest BCUT2D eigenvalue weighted by Crippen LogP contribution is 2.32. The van der Waals surface area contributed by atoms with Crippen molar-refractivity contribution in [3.05, 3.63) is 48.0 Å². The zero-order valence-corrected chi connectivity index (χ0v) is 15.6. The SMILES string of the molecule is CC(=O)c1ccc(CNc2ncnc3c2ncn3C2O[C@H](CO)[C@@H](O)[C@H]2O)cc1. The van der Waals surface area contributed by atoms with E-state index in [2.05, 4.69) is 20.3 Å². The number of ketones is 1. The number of hydrogen-bond acceptors (Lipinski definition) is 9.